The topological polar surface area (TPSA) is 128 Å². The van der Waals surface area contributed by atoms with Crippen LogP contribution in [0.2, 0.25) is 0 Å². The summed E-state index contributed by atoms with van der Waals surface area (Å²) in [4.78, 5) is 27.9. The highest BCUT2D eigenvalue weighted by Crippen LogP contribution is 2.55. The van der Waals surface area contributed by atoms with Crippen LogP contribution in [0.25, 0.3) is 49.2 Å². The summed E-state index contributed by atoms with van der Waals surface area (Å²) in [6, 6.07) is 2.84. The van der Waals surface area contributed by atoms with Crippen molar-refractivity contribution in [2.75, 3.05) is 24.3 Å². The molecule has 0 unspecified atom stereocenters. The molecule has 234 valence electrons. The van der Waals surface area contributed by atoms with Crippen molar-refractivity contribution in [2.24, 2.45) is 0 Å². The first-order chi connectivity index (χ1) is 21.7. The Balaban J connectivity index is 1.79. The summed E-state index contributed by atoms with van der Waals surface area (Å²) < 4.78 is 5.80. The van der Waals surface area contributed by atoms with Gasteiger partial charge >= 0.3 is 0 Å². The van der Waals surface area contributed by atoms with Crippen LogP contribution < -0.4 is 26.2 Å². The Bertz CT molecular complexity index is 2160. The SMILES string of the molecule is CCCCC1(CCCC)CNc2c(c3c(=O)cc(CO)c4c5c(CO)cc(=O)c6c(O)c(OC)c7c(c(c2C=C(C)C7)c34)c65)N1. The van der Waals surface area contributed by atoms with Gasteiger partial charge in [0.2, 0.25) is 0 Å². The molecule has 0 radical (unpaired) electrons. The zero-order valence-electron chi connectivity index (χ0n) is 26.4. The first-order valence-electron chi connectivity index (χ1n) is 16.1. The van der Waals surface area contributed by atoms with E-state index < -0.39 is 18.6 Å². The minimum atomic E-state index is -0.424. The van der Waals surface area contributed by atoms with Gasteiger partial charge in [0, 0.05) is 33.8 Å². The van der Waals surface area contributed by atoms with E-state index in [1.54, 1.807) is 0 Å². The summed E-state index contributed by atoms with van der Waals surface area (Å²) >= 11 is 0. The van der Waals surface area contributed by atoms with Gasteiger partial charge in [0.05, 0.1) is 48.0 Å². The zero-order valence-corrected chi connectivity index (χ0v) is 26.4. The number of methoxy groups -OCH3 is 1. The molecule has 0 aromatic heterocycles. The summed E-state index contributed by atoms with van der Waals surface area (Å²) in [7, 11) is 1.49. The number of hydrogen-bond donors (Lipinski definition) is 5. The maximum Gasteiger partial charge on any atom is 0.190 e. The maximum atomic E-state index is 14.3. The number of aliphatic hydroxyl groups is 2. The fraction of sp³-hybridized carbons (Fsp3) is 0.405. The predicted molar refractivity (Wildman–Crippen MR) is 183 cm³/mol. The van der Waals surface area contributed by atoms with Gasteiger partial charge < -0.3 is 30.7 Å². The summed E-state index contributed by atoms with van der Waals surface area (Å²) in [6.07, 6.45) is 8.75. The number of fused-ring (bicyclic) bond motifs is 4. The molecule has 0 saturated carbocycles. The lowest BCUT2D eigenvalue weighted by molar-refractivity contribution is 0.282. The normalized spacial score (nSPS) is 15.5. The van der Waals surface area contributed by atoms with Gasteiger partial charge in [0.15, 0.2) is 22.4 Å². The molecule has 2 aliphatic rings. The number of rotatable bonds is 9. The highest BCUT2D eigenvalue weighted by molar-refractivity contribution is 6.39. The lowest BCUT2D eigenvalue weighted by atomic mass is 9.79. The van der Waals surface area contributed by atoms with Crippen molar-refractivity contribution in [1.82, 2.24) is 0 Å². The Kier molecular flexibility index (Phi) is 7.06. The molecule has 7 rings (SSSR count). The van der Waals surface area contributed by atoms with Crippen molar-refractivity contribution in [1.29, 1.82) is 0 Å². The third kappa shape index (κ3) is 4.04. The highest BCUT2D eigenvalue weighted by atomic mass is 16.5. The predicted octanol–water partition coefficient (Wildman–Crippen LogP) is 6.51. The fourth-order valence-corrected chi connectivity index (χ4v) is 8.24. The van der Waals surface area contributed by atoms with Crippen LogP contribution in [0.1, 0.15) is 81.5 Å². The third-order valence-electron chi connectivity index (χ3n) is 10.2. The van der Waals surface area contributed by atoms with E-state index in [1.807, 2.05) is 6.92 Å². The molecule has 45 heavy (non-hydrogen) atoms. The van der Waals surface area contributed by atoms with E-state index in [-0.39, 0.29) is 27.9 Å². The van der Waals surface area contributed by atoms with E-state index in [1.165, 1.54) is 19.2 Å². The number of hydrogen-bond acceptors (Lipinski definition) is 8. The van der Waals surface area contributed by atoms with E-state index in [0.29, 0.717) is 51.0 Å². The standard InChI is InChI=1S/C37H40N2O6/c1-5-7-9-37(10-8-6-2)17-38-33-21-11-18(3)12-22-28-27(21)31-25(19(15-40)13-23(42)29(31)34(33)39-37)26-20(16-41)14-24(43)30(32(26)28)35(44)36(22)45-4/h11,13-14,38-41,44H,5-10,12,15-17H2,1-4H3. The quantitative estimate of drug-likeness (QED) is 0.0947. The molecular weight excluding hydrogens is 568 g/mol. The van der Waals surface area contributed by atoms with Crippen molar-refractivity contribution in [2.45, 2.75) is 84.5 Å². The molecule has 0 amide bonds. The number of ether oxygens (including phenoxy) is 1. The summed E-state index contributed by atoms with van der Waals surface area (Å²) in [5, 5.41) is 45.1. The summed E-state index contributed by atoms with van der Waals surface area (Å²) in [6.45, 7) is 6.30. The summed E-state index contributed by atoms with van der Waals surface area (Å²) in [5.74, 6) is -0.00424. The first kappa shape index (κ1) is 29.6. The second-order valence-corrected chi connectivity index (χ2v) is 13.0. The molecule has 5 aromatic rings. The average Bonchev–Trinajstić information content (AvgIpc) is 3.19. The van der Waals surface area contributed by atoms with Crippen LogP contribution >= 0.6 is 0 Å². The van der Waals surface area contributed by atoms with Crippen LogP contribution in [-0.2, 0) is 19.6 Å². The number of aliphatic hydroxyl groups excluding tert-OH is 2. The monoisotopic (exact) mass is 608 g/mol. The number of aromatic hydroxyl groups is 1. The molecular formula is C37H40N2O6. The van der Waals surface area contributed by atoms with E-state index in [0.717, 1.165) is 77.4 Å². The minimum absolute atomic E-state index is 0.110. The number of anilines is 2. The summed E-state index contributed by atoms with van der Waals surface area (Å²) in [5.41, 5.74) is 4.21. The van der Waals surface area contributed by atoms with Gasteiger partial charge in [0.1, 0.15) is 0 Å². The highest BCUT2D eigenvalue weighted by Gasteiger charge is 2.38. The average molecular weight is 609 g/mol. The lowest BCUT2D eigenvalue weighted by Crippen LogP contribution is -2.48. The Hall–Kier alpha value is -4.14. The lowest BCUT2D eigenvalue weighted by Gasteiger charge is -2.42. The largest absolute Gasteiger partial charge is 0.504 e. The van der Waals surface area contributed by atoms with Gasteiger partial charge in [-0.25, -0.2) is 0 Å². The number of benzene rings is 5. The molecule has 8 nitrogen and oxygen atoms in total. The molecule has 1 aliphatic heterocycles. The van der Waals surface area contributed by atoms with Gasteiger partial charge in [0.25, 0.3) is 0 Å². The van der Waals surface area contributed by atoms with Crippen molar-refractivity contribution < 1.29 is 20.1 Å². The second-order valence-electron chi connectivity index (χ2n) is 13.0. The van der Waals surface area contributed by atoms with E-state index in [9.17, 15) is 24.9 Å². The van der Waals surface area contributed by atoms with Gasteiger partial charge in [-0.1, -0.05) is 51.2 Å². The molecule has 5 aromatic carbocycles. The molecule has 0 fully saturated rings. The number of phenols is 1. The molecule has 0 spiro atoms. The van der Waals surface area contributed by atoms with Crippen molar-refractivity contribution >= 4 is 60.5 Å². The van der Waals surface area contributed by atoms with E-state index in [4.69, 9.17) is 4.74 Å². The minimum Gasteiger partial charge on any atom is -0.504 e. The van der Waals surface area contributed by atoms with Gasteiger partial charge in [-0.3, -0.25) is 9.59 Å². The van der Waals surface area contributed by atoms with Crippen molar-refractivity contribution in [3.05, 3.63) is 60.4 Å². The van der Waals surface area contributed by atoms with Crippen molar-refractivity contribution in [3.63, 3.8) is 0 Å². The van der Waals surface area contributed by atoms with Crippen LogP contribution in [0.15, 0.2) is 27.3 Å². The molecule has 1 aliphatic carbocycles. The smallest absolute Gasteiger partial charge is 0.190 e. The van der Waals surface area contributed by atoms with Crippen LogP contribution in [0.4, 0.5) is 11.4 Å². The zero-order chi connectivity index (χ0) is 31.8. The number of allylic oxidation sites excluding steroid dienone is 1. The Morgan fingerprint density at radius 1 is 0.822 bits per heavy atom. The molecule has 5 N–H and O–H groups in total. The van der Waals surface area contributed by atoms with Gasteiger partial charge in [-0.05, 0) is 65.6 Å². The van der Waals surface area contributed by atoms with E-state index >= 15 is 0 Å². The molecule has 1 heterocycles. The van der Waals surface area contributed by atoms with E-state index in [2.05, 4.69) is 30.6 Å². The third-order valence-corrected chi connectivity index (χ3v) is 10.2. The molecule has 8 heteroatoms. The number of phenolic OH excluding ortho intramolecular Hbond substituents is 1. The van der Waals surface area contributed by atoms with Crippen molar-refractivity contribution in [3.8, 4) is 11.5 Å². The fourth-order valence-electron chi connectivity index (χ4n) is 8.24. The van der Waals surface area contributed by atoms with Crippen LogP contribution in [0.5, 0.6) is 11.5 Å². The van der Waals surface area contributed by atoms with Crippen LogP contribution in [0, 0.1) is 0 Å². The molecule has 0 atom stereocenters. The Morgan fingerprint density at radius 3 is 2.00 bits per heavy atom. The van der Waals surface area contributed by atoms with Gasteiger partial charge in [-0.2, -0.15) is 0 Å². The molecule has 0 saturated heterocycles. The van der Waals surface area contributed by atoms with Crippen LogP contribution in [-0.4, -0.2) is 34.5 Å². The Labute approximate surface area is 261 Å². The number of nitrogens with one attached hydrogen (secondary N) is 2. The first-order valence-corrected chi connectivity index (χ1v) is 16.1. The molecule has 0 bridgehead atoms. The number of unbranched alkanes of at least 4 members (excludes halogenated alkanes) is 2. The maximum absolute atomic E-state index is 14.3. The van der Waals surface area contributed by atoms with Crippen LogP contribution in [0.3, 0.4) is 0 Å². The Morgan fingerprint density at radius 2 is 1.42 bits per heavy atom. The van der Waals surface area contributed by atoms with Gasteiger partial charge in [-0.15, -0.1) is 0 Å². The second kappa shape index (κ2) is 10.7.